The van der Waals surface area contributed by atoms with E-state index in [-0.39, 0.29) is 23.9 Å². The number of fused-ring (bicyclic) bond motifs is 5. The third-order valence-corrected chi connectivity index (χ3v) is 7.11. The average Bonchev–Trinajstić information content (AvgIpc) is 2.95. The third kappa shape index (κ3) is 3.20. The van der Waals surface area contributed by atoms with Crippen molar-refractivity contribution in [2.24, 2.45) is 11.8 Å². The lowest BCUT2D eigenvalue weighted by atomic mass is 9.81. The highest BCUT2D eigenvalue weighted by Crippen LogP contribution is 2.34. The Morgan fingerprint density at radius 2 is 1.89 bits per heavy atom. The number of amides is 2. The van der Waals surface area contributed by atoms with Gasteiger partial charge < -0.3 is 9.80 Å². The monoisotopic (exact) mass is 383 g/mol. The first-order chi connectivity index (χ1) is 13.7. The van der Waals surface area contributed by atoms with Crippen molar-refractivity contribution in [2.45, 2.75) is 56.7 Å². The van der Waals surface area contributed by atoms with Gasteiger partial charge in [0.1, 0.15) is 11.7 Å². The molecular formula is C21H29N5O2. The van der Waals surface area contributed by atoms with Crippen LogP contribution in [0.2, 0.25) is 0 Å². The molecule has 7 nitrogen and oxygen atoms in total. The molecule has 150 valence electrons. The minimum absolute atomic E-state index is 0.0141. The van der Waals surface area contributed by atoms with Gasteiger partial charge in [0.05, 0.1) is 0 Å². The molecule has 0 radical (unpaired) electrons. The number of carbonyl (C=O) groups is 2. The molecule has 5 fully saturated rings. The summed E-state index contributed by atoms with van der Waals surface area (Å²) in [4.78, 5) is 34.6. The number of pyridine rings is 1. The fraction of sp³-hybridized carbons (Fsp3) is 0.667. The lowest BCUT2D eigenvalue weighted by Crippen LogP contribution is -2.55. The Balaban J connectivity index is 1.31. The molecule has 0 spiro atoms. The third-order valence-electron chi connectivity index (χ3n) is 7.11. The zero-order valence-corrected chi connectivity index (χ0v) is 16.2. The number of piperidine rings is 1. The molecule has 2 bridgehead atoms. The highest BCUT2D eigenvalue weighted by Gasteiger charge is 2.46. The molecule has 1 saturated carbocycles. The maximum Gasteiger partial charge on any atom is 0.272 e. The predicted molar refractivity (Wildman–Crippen MR) is 104 cm³/mol. The second-order valence-corrected chi connectivity index (χ2v) is 8.83. The van der Waals surface area contributed by atoms with Crippen LogP contribution < -0.4 is 10.9 Å². The molecule has 3 unspecified atom stereocenters. The van der Waals surface area contributed by atoms with E-state index in [4.69, 9.17) is 0 Å². The Kier molecular flexibility index (Phi) is 4.80. The number of hydrogen-bond donors (Lipinski definition) is 2. The quantitative estimate of drug-likeness (QED) is 0.802. The van der Waals surface area contributed by atoms with Crippen LogP contribution in [0.5, 0.6) is 0 Å². The summed E-state index contributed by atoms with van der Waals surface area (Å²) in [5.41, 5.74) is 7.16. The van der Waals surface area contributed by atoms with Crippen LogP contribution in [0.3, 0.4) is 0 Å². The molecule has 4 saturated heterocycles. The van der Waals surface area contributed by atoms with E-state index in [0.717, 1.165) is 38.8 Å². The number of hydrogen-bond acceptors (Lipinski definition) is 5. The van der Waals surface area contributed by atoms with Crippen LogP contribution in [-0.4, -0.2) is 64.4 Å². The molecule has 4 aliphatic heterocycles. The van der Waals surface area contributed by atoms with Gasteiger partial charge >= 0.3 is 0 Å². The van der Waals surface area contributed by atoms with E-state index in [0.29, 0.717) is 30.1 Å². The fourth-order valence-corrected chi connectivity index (χ4v) is 5.63. The molecule has 2 N–H and O–H groups in total. The maximum atomic E-state index is 13.5. The van der Waals surface area contributed by atoms with E-state index in [1.54, 1.807) is 12.3 Å². The van der Waals surface area contributed by atoms with Crippen LogP contribution in [0.1, 0.15) is 49.0 Å². The van der Waals surface area contributed by atoms with Crippen molar-refractivity contribution in [1.29, 1.82) is 0 Å². The summed E-state index contributed by atoms with van der Waals surface area (Å²) in [6, 6.07) is 5.86. The van der Waals surface area contributed by atoms with E-state index in [1.165, 1.54) is 12.8 Å². The largest absolute Gasteiger partial charge is 0.336 e. The second kappa shape index (κ2) is 7.44. The number of rotatable bonds is 2. The lowest BCUT2D eigenvalue weighted by molar-refractivity contribution is -0.138. The van der Waals surface area contributed by atoms with Crippen molar-refractivity contribution in [2.75, 3.05) is 19.6 Å². The molecule has 0 aromatic carbocycles. The Bertz CT molecular complexity index is 742. The summed E-state index contributed by atoms with van der Waals surface area (Å²) in [5, 5.41) is 0. The number of carbonyl (C=O) groups excluding carboxylic acids is 2. The summed E-state index contributed by atoms with van der Waals surface area (Å²) < 4.78 is 0. The van der Waals surface area contributed by atoms with Gasteiger partial charge in [0.2, 0.25) is 5.91 Å². The van der Waals surface area contributed by atoms with Crippen molar-refractivity contribution in [3.8, 4) is 0 Å². The van der Waals surface area contributed by atoms with Gasteiger partial charge in [-0.2, -0.15) is 0 Å². The molecule has 5 aliphatic rings. The van der Waals surface area contributed by atoms with Crippen molar-refractivity contribution in [3.05, 3.63) is 30.1 Å². The molecule has 7 heteroatoms. The lowest BCUT2D eigenvalue weighted by Gasteiger charge is -2.38. The highest BCUT2D eigenvalue weighted by molar-refractivity contribution is 5.92. The maximum absolute atomic E-state index is 13.5. The summed E-state index contributed by atoms with van der Waals surface area (Å²) >= 11 is 0. The molecular weight excluding hydrogens is 354 g/mol. The number of hydrazine groups is 1. The molecule has 28 heavy (non-hydrogen) atoms. The Hall–Kier alpha value is -1.99. The molecule has 1 aromatic rings. The minimum atomic E-state index is -0.121. The molecule has 5 heterocycles. The molecule has 2 amide bonds. The summed E-state index contributed by atoms with van der Waals surface area (Å²) in [7, 11) is 0. The van der Waals surface area contributed by atoms with Gasteiger partial charge in [-0.3, -0.25) is 20.0 Å². The number of aromatic nitrogens is 1. The van der Waals surface area contributed by atoms with Gasteiger partial charge in [-0.25, -0.2) is 5.43 Å². The van der Waals surface area contributed by atoms with Gasteiger partial charge in [0.25, 0.3) is 5.91 Å². The van der Waals surface area contributed by atoms with Crippen molar-refractivity contribution >= 4 is 11.8 Å². The van der Waals surface area contributed by atoms with Gasteiger partial charge in [0.15, 0.2) is 0 Å². The van der Waals surface area contributed by atoms with E-state index >= 15 is 0 Å². The summed E-state index contributed by atoms with van der Waals surface area (Å²) in [6.45, 7) is 2.11. The molecule has 1 aromatic heterocycles. The van der Waals surface area contributed by atoms with Crippen LogP contribution in [0.15, 0.2) is 24.4 Å². The standard InChI is InChI=1S/C21H29N5O2/c27-20(18-7-3-4-10-22-18)25-11-14-8-9-15(13-25)26(12-14)21(28)19-16-5-1-2-6-17(16)23-24-19/h3-4,7,10,14-17,19,23-24H,1-2,5-6,8-9,11-13H2/t14-,15+,16?,17?,19?/m0/s1. The van der Waals surface area contributed by atoms with Gasteiger partial charge in [0, 0.05) is 43.8 Å². The highest BCUT2D eigenvalue weighted by atomic mass is 16.2. The van der Waals surface area contributed by atoms with Crippen molar-refractivity contribution in [1.82, 2.24) is 25.6 Å². The zero-order chi connectivity index (χ0) is 19.1. The molecule has 1 aliphatic carbocycles. The Labute approximate surface area is 165 Å². The van der Waals surface area contributed by atoms with Crippen molar-refractivity contribution < 1.29 is 9.59 Å². The van der Waals surface area contributed by atoms with E-state index < -0.39 is 0 Å². The Morgan fingerprint density at radius 1 is 1.00 bits per heavy atom. The van der Waals surface area contributed by atoms with Crippen molar-refractivity contribution in [3.63, 3.8) is 0 Å². The van der Waals surface area contributed by atoms with E-state index in [9.17, 15) is 9.59 Å². The number of nitrogens with one attached hydrogen (secondary N) is 2. The first-order valence-corrected chi connectivity index (χ1v) is 10.7. The van der Waals surface area contributed by atoms with Gasteiger partial charge in [-0.15, -0.1) is 0 Å². The smallest absolute Gasteiger partial charge is 0.272 e. The SMILES string of the molecule is O=C(c1ccccn1)N1C[C@@H]2CC[C@H](C1)N(C(=O)C1NNC3CCCCC31)C2. The predicted octanol–water partition coefficient (Wildman–Crippen LogP) is 1.18. The molecule has 5 atom stereocenters. The second-order valence-electron chi connectivity index (χ2n) is 8.83. The minimum Gasteiger partial charge on any atom is -0.336 e. The summed E-state index contributed by atoms with van der Waals surface area (Å²) in [5.74, 6) is 0.963. The first-order valence-electron chi connectivity index (χ1n) is 10.7. The van der Waals surface area contributed by atoms with Crippen LogP contribution >= 0.6 is 0 Å². The van der Waals surface area contributed by atoms with Crippen LogP contribution in [0, 0.1) is 11.8 Å². The summed E-state index contributed by atoms with van der Waals surface area (Å²) in [6.07, 6.45) is 8.46. The van der Waals surface area contributed by atoms with Gasteiger partial charge in [-0.1, -0.05) is 18.9 Å². The van der Waals surface area contributed by atoms with Crippen LogP contribution in [-0.2, 0) is 4.79 Å². The van der Waals surface area contributed by atoms with Crippen LogP contribution in [0.4, 0.5) is 0 Å². The Morgan fingerprint density at radius 3 is 2.75 bits per heavy atom. The first kappa shape index (κ1) is 18.1. The van der Waals surface area contributed by atoms with E-state index in [1.807, 2.05) is 17.0 Å². The average molecular weight is 383 g/mol. The van der Waals surface area contributed by atoms with E-state index in [2.05, 4.69) is 20.7 Å². The topological polar surface area (TPSA) is 77.6 Å². The normalized spacial score (nSPS) is 34.8. The van der Waals surface area contributed by atoms with Gasteiger partial charge in [-0.05, 0) is 43.7 Å². The van der Waals surface area contributed by atoms with Crippen LogP contribution in [0.25, 0.3) is 0 Å². The molecule has 6 rings (SSSR count). The fourth-order valence-electron chi connectivity index (χ4n) is 5.63. The number of nitrogens with zero attached hydrogens (tertiary/aromatic N) is 3. The zero-order valence-electron chi connectivity index (χ0n) is 16.2.